The molecule has 1 saturated heterocycles. The normalized spacial score (nSPS) is 33.6. The van der Waals surface area contributed by atoms with Crippen molar-refractivity contribution in [3.05, 3.63) is 75.5 Å². The van der Waals surface area contributed by atoms with Crippen LogP contribution in [0.5, 0.6) is 0 Å². The van der Waals surface area contributed by atoms with Gasteiger partial charge in [0, 0.05) is 27.4 Å². The van der Waals surface area contributed by atoms with Crippen molar-refractivity contribution in [2.45, 2.75) is 30.9 Å². The molecule has 2 amide bonds. The molecule has 182 valence electrons. The van der Waals surface area contributed by atoms with Gasteiger partial charge in [-0.1, -0.05) is 54.2 Å². The van der Waals surface area contributed by atoms with E-state index >= 15 is 0 Å². The molecule has 36 heavy (non-hydrogen) atoms. The number of carbonyl (C=O) groups excluding carboxylic acids is 5. The minimum absolute atomic E-state index is 0.0185. The van der Waals surface area contributed by atoms with Gasteiger partial charge in [-0.15, -0.1) is 11.8 Å². The van der Waals surface area contributed by atoms with E-state index in [-0.39, 0.29) is 58.6 Å². The van der Waals surface area contributed by atoms with Gasteiger partial charge < -0.3 is 0 Å². The molecule has 2 aromatic rings. The second-order valence-electron chi connectivity index (χ2n) is 10.0. The summed E-state index contributed by atoms with van der Waals surface area (Å²) in [7, 11) is 0. The summed E-state index contributed by atoms with van der Waals surface area (Å²) >= 11 is 3.26. The smallest absolute Gasteiger partial charge is 0.286 e. The highest BCUT2D eigenvalue weighted by molar-refractivity contribution is 8.18. The predicted octanol–water partition coefficient (Wildman–Crippen LogP) is 4.56. The minimum Gasteiger partial charge on any atom is -0.286 e. The van der Waals surface area contributed by atoms with Crippen LogP contribution in [0, 0.1) is 36.5 Å². The van der Waals surface area contributed by atoms with E-state index in [2.05, 4.69) is 24.3 Å². The summed E-state index contributed by atoms with van der Waals surface area (Å²) in [4.78, 5) is 59.9. The summed E-state index contributed by atoms with van der Waals surface area (Å²) in [5.41, 5.74) is 2.98. The van der Waals surface area contributed by atoms with Crippen LogP contribution in [-0.2, 0) is 24.0 Å². The van der Waals surface area contributed by atoms with Crippen LogP contribution in [0.1, 0.15) is 29.9 Å². The van der Waals surface area contributed by atoms with Gasteiger partial charge in [0.25, 0.3) is 0 Å². The fraction of sp³-hybridized carbons (Fsp3) is 0.357. The molecule has 0 unspecified atom stereocenters. The maximum atomic E-state index is 13.7. The van der Waals surface area contributed by atoms with Gasteiger partial charge in [-0.05, 0) is 54.4 Å². The van der Waals surface area contributed by atoms with Crippen LogP contribution in [0.3, 0.4) is 0 Å². The Hall–Kier alpha value is -2.93. The molecule has 2 saturated carbocycles. The molecule has 3 fully saturated rings. The third-order valence-corrected chi connectivity index (χ3v) is 11.1. The molecule has 2 aromatic carbocycles. The Bertz CT molecular complexity index is 1350. The van der Waals surface area contributed by atoms with E-state index in [0.717, 1.165) is 12.0 Å². The number of hydrogen-bond acceptors (Lipinski definition) is 7. The summed E-state index contributed by atoms with van der Waals surface area (Å²) in [6.45, 7) is 1.99. The number of anilines is 1. The molecule has 8 heteroatoms. The van der Waals surface area contributed by atoms with Gasteiger partial charge in [0.15, 0.2) is 5.12 Å². The zero-order valence-corrected chi connectivity index (χ0v) is 21.1. The Morgan fingerprint density at radius 2 is 1.61 bits per heavy atom. The molecule has 3 aliphatic heterocycles. The van der Waals surface area contributed by atoms with E-state index in [4.69, 9.17) is 9.59 Å². The number of hydrogen-bond donors (Lipinski definition) is 0. The first kappa shape index (κ1) is 23.5. The fourth-order valence-corrected chi connectivity index (χ4v) is 10.4. The second-order valence-corrected chi connectivity index (χ2v) is 12.4. The van der Waals surface area contributed by atoms with Gasteiger partial charge in [0.1, 0.15) is 0 Å². The molecular weight excluding hydrogens is 494 g/mol. The SMILES string of the molecule is Cc1cccc(N2C(=O)[C@@H]3[C@H]4C[C@@H]([C@@H]3C2=O)[C@H]2[C@@H]4SC3=C(SC(=O)C3)[C@@H]2c2ccccc2)c1.O=C=O. The highest BCUT2D eigenvalue weighted by Crippen LogP contribution is 2.70. The third kappa shape index (κ3) is 3.39. The second kappa shape index (κ2) is 8.87. The lowest BCUT2D eigenvalue weighted by Crippen LogP contribution is -2.42. The van der Waals surface area contributed by atoms with Gasteiger partial charge in [0.05, 0.1) is 17.5 Å². The molecular formula is C28H23NO5S2. The molecule has 7 rings (SSSR count). The average molecular weight is 518 g/mol. The van der Waals surface area contributed by atoms with Gasteiger partial charge in [0.2, 0.25) is 11.8 Å². The first-order chi connectivity index (χ1) is 17.4. The molecule has 6 nitrogen and oxygen atoms in total. The molecule has 0 radical (unpaired) electrons. The van der Waals surface area contributed by atoms with E-state index < -0.39 is 0 Å². The van der Waals surface area contributed by atoms with E-state index in [1.54, 1.807) is 0 Å². The van der Waals surface area contributed by atoms with Crippen molar-refractivity contribution in [1.82, 2.24) is 0 Å². The first-order valence-corrected chi connectivity index (χ1v) is 13.7. The number of benzene rings is 2. The Morgan fingerprint density at radius 3 is 2.31 bits per heavy atom. The molecule has 5 aliphatic rings. The van der Waals surface area contributed by atoms with Gasteiger partial charge in [-0.25, -0.2) is 0 Å². The monoisotopic (exact) mass is 517 g/mol. The number of nitrogens with zero attached hydrogens (tertiary/aromatic N) is 1. The Balaban J connectivity index is 0.000000765. The zero-order valence-electron chi connectivity index (χ0n) is 19.5. The number of rotatable bonds is 2. The summed E-state index contributed by atoms with van der Waals surface area (Å²) in [6.07, 6.45) is 1.70. The van der Waals surface area contributed by atoms with Gasteiger partial charge in [-0.3, -0.25) is 19.3 Å². The van der Waals surface area contributed by atoms with Crippen LogP contribution in [0.25, 0.3) is 0 Å². The van der Waals surface area contributed by atoms with Crippen molar-refractivity contribution >= 4 is 52.3 Å². The summed E-state index contributed by atoms with van der Waals surface area (Å²) in [5.74, 6) is 0.316. The number of amides is 2. The Kier molecular flexibility index (Phi) is 5.78. The van der Waals surface area contributed by atoms with Crippen LogP contribution >= 0.6 is 23.5 Å². The van der Waals surface area contributed by atoms with Gasteiger partial charge >= 0.3 is 6.15 Å². The number of fused-ring (bicyclic) bond motifs is 8. The highest BCUT2D eigenvalue weighted by atomic mass is 32.2. The number of imide groups is 1. The number of carbonyl (C=O) groups is 3. The maximum absolute atomic E-state index is 13.7. The van der Waals surface area contributed by atoms with Crippen LogP contribution < -0.4 is 4.90 Å². The Morgan fingerprint density at radius 1 is 0.917 bits per heavy atom. The molecule has 2 aliphatic carbocycles. The third-order valence-electron chi connectivity index (χ3n) is 8.33. The van der Waals surface area contributed by atoms with Crippen LogP contribution in [0.2, 0.25) is 0 Å². The lowest BCUT2D eigenvalue weighted by atomic mass is 9.68. The molecule has 0 aromatic heterocycles. The van der Waals surface area contributed by atoms with Crippen molar-refractivity contribution in [3.8, 4) is 0 Å². The van der Waals surface area contributed by atoms with Crippen molar-refractivity contribution in [2.24, 2.45) is 29.6 Å². The van der Waals surface area contributed by atoms with Crippen molar-refractivity contribution < 1.29 is 24.0 Å². The minimum atomic E-state index is -0.236. The molecule has 2 bridgehead atoms. The quantitative estimate of drug-likeness (QED) is 0.540. The summed E-state index contributed by atoms with van der Waals surface area (Å²) < 4.78 is 0. The standard InChI is InChI=1S/C27H23NO3S2.CO2/c1-13-6-5-9-15(10-13)28-26(30)22-16-11-17(23(22)27(28)31)24-21(16)20(14-7-3-2-4-8-14)25-18(32-24)12-19(29)33-25;2-1-3/h2-10,16-17,20-24H,11-12H2,1H3;/t16-,17-,20-,21-,22+,23-,24-;/m1./s1. The summed E-state index contributed by atoms with van der Waals surface area (Å²) in [5, 5.41) is 0.514. The van der Waals surface area contributed by atoms with Crippen molar-refractivity contribution in [1.29, 1.82) is 0 Å². The topological polar surface area (TPSA) is 88.6 Å². The molecule has 0 spiro atoms. The first-order valence-electron chi connectivity index (χ1n) is 12.0. The van der Waals surface area contributed by atoms with Crippen LogP contribution in [-0.4, -0.2) is 28.3 Å². The number of thioether (sulfide) groups is 2. The number of allylic oxidation sites excluding steroid dienone is 2. The predicted molar refractivity (Wildman–Crippen MR) is 136 cm³/mol. The van der Waals surface area contributed by atoms with E-state index in [0.29, 0.717) is 17.4 Å². The van der Waals surface area contributed by atoms with E-state index in [1.807, 2.05) is 49.0 Å². The summed E-state index contributed by atoms with van der Waals surface area (Å²) in [6, 6.07) is 18.2. The zero-order chi connectivity index (χ0) is 25.1. The van der Waals surface area contributed by atoms with E-state index in [1.165, 1.54) is 32.0 Å². The lowest BCUT2D eigenvalue weighted by Gasteiger charge is -2.44. The fourth-order valence-electron chi connectivity index (χ4n) is 7.25. The van der Waals surface area contributed by atoms with Crippen molar-refractivity contribution in [2.75, 3.05) is 4.90 Å². The number of aryl methyl sites for hydroxylation is 1. The van der Waals surface area contributed by atoms with E-state index in [9.17, 15) is 14.4 Å². The van der Waals surface area contributed by atoms with Crippen LogP contribution in [0.4, 0.5) is 5.69 Å². The highest BCUT2D eigenvalue weighted by Gasteiger charge is 2.69. The molecule has 3 heterocycles. The maximum Gasteiger partial charge on any atom is 0.373 e. The Labute approximate surface area is 216 Å². The largest absolute Gasteiger partial charge is 0.373 e. The van der Waals surface area contributed by atoms with Crippen LogP contribution in [0.15, 0.2) is 64.4 Å². The molecule has 0 N–H and O–H groups in total. The lowest BCUT2D eigenvalue weighted by molar-refractivity contribution is -0.191. The van der Waals surface area contributed by atoms with Gasteiger partial charge in [-0.2, -0.15) is 9.59 Å². The average Bonchev–Trinajstić information content (AvgIpc) is 3.59. The molecule has 7 atom stereocenters. The van der Waals surface area contributed by atoms with Crippen molar-refractivity contribution in [3.63, 3.8) is 0 Å².